The molecule has 98 valence electrons. The normalized spacial score (nSPS) is 10.3. The van der Waals surface area contributed by atoms with E-state index in [9.17, 15) is 18.0 Å². The highest BCUT2D eigenvalue weighted by molar-refractivity contribution is 5.88. The van der Waals surface area contributed by atoms with Crippen molar-refractivity contribution in [3.05, 3.63) is 53.3 Å². The highest BCUT2D eigenvalue weighted by Gasteiger charge is 2.17. The van der Waals surface area contributed by atoms with Gasteiger partial charge in [0, 0.05) is 17.7 Å². The third-order valence-electron chi connectivity index (χ3n) is 2.66. The summed E-state index contributed by atoms with van der Waals surface area (Å²) in [6.45, 7) is 0. The maximum absolute atomic E-state index is 13.7. The molecule has 0 radical (unpaired) electrons. The molecule has 0 amide bonds. The van der Waals surface area contributed by atoms with Gasteiger partial charge in [0.15, 0.2) is 6.29 Å². The summed E-state index contributed by atoms with van der Waals surface area (Å²) < 4.78 is 45.1. The first-order valence-corrected chi connectivity index (χ1v) is 5.35. The van der Waals surface area contributed by atoms with Crippen LogP contribution in [0.4, 0.5) is 13.2 Å². The number of ether oxygens (including phenoxy) is 1. The van der Waals surface area contributed by atoms with E-state index in [2.05, 4.69) is 0 Å². The van der Waals surface area contributed by atoms with Gasteiger partial charge < -0.3 is 4.74 Å². The predicted molar refractivity (Wildman–Crippen MR) is 63.7 cm³/mol. The van der Waals surface area contributed by atoms with Crippen LogP contribution in [-0.2, 0) is 0 Å². The smallest absolute Gasteiger partial charge is 0.150 e. The number of hydrogen-bond donors (Lipinski definition) is 0. The van der Waals surface area contributed by atoms with Crippen LogP contribution in [0.2, 0.25) is 0 Å². The van der Waals surface area contributed by atoms with Gasteiger partial charge >= 0.3 is 0 Å². The first kappa shape index (κ1) is 13.1. The molecule has 2 aromatic carbocycles. The van der Waals surface area contributed by atoms with E-state index in [0.29, 0.717) is 24.2 Å². The van der Waals surface area contributed by atoms with Crippen molar-refractivity contribution in [1.29, 1.82) is 0 Å². The molecule has 0 aromatic heterocycles. The second kappa shape index (κ2) is 5.14. The molecular formula is C14H9F3O2. The van der Waals surface area contributed by atoms with Gasteiger partial charge in [-0.1, -0.05) is 0 Å². The summed E-state index contributed by atoms with van der Waals surface area (Å²) in [5.74, 6) is -2.76. The molecule has 0 aliphatic carbocycles. The fourth-order valence-electron chi connectivity index (χ4n) is 1.79. The maximum Gasteiger partial charge on any atom is 0.150 e. The van der Waals surface area contributed by atoms with Crippen molar-refractivity contribution in [3.63, 3.8) is 0 Å². The molecule has 0 bridgehead atoms. The second-order valence-electron chi connectivity index (χ2n) is 3.82. The Labute approximate surface area is 107 Å². The molecule has 0 aliphatic rings. The lowest BCUT2D eigenvalue weighted by Gasteiger charge is -2.09. The average Bonchev–Trinajstić information content (AvgIpc) is 2.37. The fourth-order valence-corrected chi connectivity index (χ4v) is 1.79. The Kier molecular flexibility index (Phi) is 3.55. The third-order valence-corrected chi connectivity index (χ3v) is 2.66. The second-order valence-corrected chi connectivity index (χ2v) is 3.82. The predicted octanol–water partition coefficient (Wildman–Crippen LogP) is 3.59. The Morgan fingerprint density at radius 1 is 1.05 bits per heavy atom. The van der Waals surface area contributed by atoms with Gasteiger partial charge in [0.1, 0.15) is 23.2 Å². The molecule has 0 aliphatic heterocycles. The minimum absolute atomic E-state index is 0.0470. The monoisotopic (exact) mass is 266 g/mol. The van der Waals surface area contributed by atoms with Gasteiger partial charge in [-0.2, -0.15) is 0 Å². The van der Waals surface area contributed by atoms with Crippen molar-refractivity contribution < 1.29 is 22.7 Å². The van der Waals surface area contributed by atoms with Crippen molar-refractivity contribution in [3.8, 4) is 16.9 Å². The van der Waals surface area contributed by atoms with Crippen LogP contribution in [-0.4, -0.2) is 13.4 Å². The Morgan fingerprint density at radius 3 is 2.21 bits per heavy atom. The van der Waals surface area contributed by atoms with Crippen LogP contribution in [0.3, 0.4) is 0 Å². The summed E-state index contributed by atoms with van der Waals surface area (Å²) in [5, 5.41) is 0. The summed E-state index contributed by atoms with van der Waals surface area (Å²) in [7, 11) is 1.41. The van der Waals surface area contributed by atoms with Gasteiger partial charge in [-0.05, 0) is 23.8 Å². The highest BCUT2D eigenvalue weighted by Crippen LogP contribution is 2.31. The van der Waals surface area contributed by atoms with E-state index >= 15 is 0 Å². The molecule has 0 spiro atoms. The van der Waals surface area contributed by atoms with Gasteiger partial charge in [-0.15, -0.1) is 0 Å². The number of carbonyl (C=O) groups is 1. The molecule has 2 nitrogen and oxygen atoms in total. The largest absolute Gasteiger partial charge is 0.497 e. The van der Waals surface area contributed by atoms with Crippen molar-refractivity contribution in [2.75, 3.05) is 7.11 Å². The van der Waals surface area contributed by atoms with Crippen LogP contribution in [0.1, 0.15) is 10.4 Å². The topological polar surface area (TPSA) is 26.3 Å². The standard InChI is InChI=1S/C14H9F3O2/c1-19-10-2-3-11(8(4-10)7-18)14-12(16)5-9(15)6-13(14)17/h2-7H,1H3. The van der Waals surface area contributed by atoms with E-state index in [1.54, 1.807) is 0 Å². The summed E-state index contributed by atoms with van der Waals surface area (Å²) >= 11 is 0. The molecule has 0 unspecified atom stereocenters. The van der Waals surface area contributed by atoms with E-state index in [1.807, 2.05) is 0 Å². The number of halogens is 3. The van der Waals surface area contributed by atoms with Gasteiger partial charge in [0.25, 0.3) is 0 Å². The van der Waals surface area contributed by atoms with Gasteiger partial charge in [0.05, 0.1) is 12.7 Å². The molecular weight excluding hydrogens is 257 g/mol. The molecule has 19 heavy (non-hydrogen) atoms. The number of methoxy groups -OCH3 is 1. The first-order valence-electron chi connectivity index (χ1n) is 5.35. The number of carbonyl (C=O) groups excluding carboxylic acids is 1. The van der Waals surface area contributed by atoms with Crippen LogP contribution >= 0.6 is 0 Å². The molecule has 0 saturated heterocycles. The van der Waals surface area contributed by atoms with Crippen molar-refractivity contribution >= 4 is 6.29 Å². The lowest BCUT2D eigenvalue weighted by Crippen LogP contribution is -1.97. The summed E-state index contributed by atoms with van der Waals surface area (Å²) in [6, 6.07) is 5.30. The minimum Gasteiger partial charge on any atom is -0.497 e. The van der Waals surface area contributed by atoms with Gasteiger partial charge in [-0.3, -0.25) is 4.79 Å². The highest BCUT2D eigenvalue weighted by atomic mass is 19.1. The van der Waals surface area contributed by atoms with E-state index in [-0.39, 0.29) is 11.1 Å². The Bertz CT molecular complexity index is 616. The molecule has 0 heterocycles. The first-order chi connectivity index (χ1) is 9.06. The molecule has 0 atom stereocenters. The number of rotatable bonds is 3. The van der Waals surface area contributed by atoms with Crippen molar-refractivity contribution in [2.24, 2.45) is 0 Å². The lowest BCUT2D eigenvalue weighted by atomic mass is 9.99. The molecule has 2 aromatic rings. The molecule has 0 saturated carbocycles. The van der Waals surface area contributed by atoms with Crippen LogP contribution in [0.25, 0.3) is 11.1 Å². The quantitative estimate of drug-likeness (QED) is 0.793. The fraction of sp³-hybridized carbons (Fsp3) is 0.0714. The lowest BCUT2D eigenvalue weighted by molar-refractivity contribution is 0.112. The van der Waals surface area contributed by atoms with Crippen LogP contribution in [0.5, 0.6) is 5.75 Å². The summed E-state index contributed by atoms with van der Waals surface area (Å²) in [5.41, 5.74) is -0.333. The van der Waals surface area contributed by atoms with E-state index < -0.39 is 23.0 Å². The van der Waals surface area contributed by atoms with E-state index in [0.717, 1.165) is 0 Å². The van der Waals surface area contributed by atoms with Crippen LogP contribution in [0.15, 0.2) is 30.3 Å². The van der Waals surface area contributed by atoms with E-state index in [4.69, 9.17) is 4.74 Å². The molecule has 0 N–H and O–H groups in total. The van der Waals surface area contributed by atoms with Crippen LogP contribution < -0.4 is 4.74 Å². The zero-order valence-corrected chi connectivity index (χ0v) is 9.91. The molecule has 0 fully saturated rings. The maximum atomic E-state index is 13.7. The Hall–Kier alpha value is -2.30. The summed E-state index contributed by atoms with van der Waals surface area (Å²) in [4.78, 5) is 11.0. The molecule has 2 rings (SSSR count). The zero-order valence-electron chi connectivity index (χ0n) is 9.91. The number of hydrogen-bond acceptors (Lipinski definition) is 2. The Morgan fingerprint density at radius 2 is 1.68 bits per heavy atom. The third kappa shape index (κ3) is 2.45. The number of benzene rings is 2. The molecule has 5 heteroatoms. The minimum atomic E-state index is -1.06. The SMILES string of the molecule is COc1ccc(-c2c(F)cc(F)cc2F)c(C=O)c1. The van der Waals surface area contributed by atoms with Crippen molar-refractivity contribution in [1.82, 2.24) is 0 Å². The summed E-state index contributed by atoms with van der Waals surface area (Å²) in [6.07, 6.45) is 0.458. The van der Waals surface area contributed by atoms with Gasteiger partial charge in [0.2, 0.25) is 0 Å². The van der Waals surface area contributed by atoms with E-state index in [1.165, 1.54) is 25.3 Å². The number of aldehydes is 1. The van der Waals surface area contributed by atoms with Crippen LogP contribution in [0, 0.1) is 17.5 Å². The Balaban J connectivity index is 2.68. The van der Waals surface area contributed by atoms with Crippen molar-refractivity contribution in [2.45, 2.75) is 0 Å². The zero-order chi connectivity index (χ0) is 14.0. The van der Waals surface area contributed by atoms with Gasteiger partial charge in [-0.25, -0.2) is 13.2 Å². The average molecular weight is 266 g/mol.